The number of carbonyl (C=O) groups excluding carboxylic acids is 1. The molecule has 150 valence electrons. The van der Waals surface area contributed by atoms with Gasteiger partial charge in [-0.25, -0.2) is 0 Å². The van der Waals surface area contributed by atoms with Crippen LogP contribution in [0.2, 0.25) is 0 Å². The van der Waals surface area contributed by atoms with Crippen molar-refractivity contribution in [2.45, 2.75) is 19.4 Å². The van der Waals surface area contributed by atoms with Crippen molar-refractivity contribution in [2.24, 2.45) is 0 Å². The highest BCUT2D eigenvalue weighted by Gasteiger charge is 2.22. The summed E-state index contributed by atoms with van der Waals surface area (Å²) in [6, 6.07) is 25.7. The number of nitrogens with one attached hydrogen (secondary N) is 1. The van der Waals surface area contributed by atoms with E-state index in [0.29, 0.717) is 13.1 Å². The van der Waals surface area contributed by atoms with Crippen molar-refractivity contribution in [1.29, 1.82) is 0 Å². The summed E-state index contributed by atoms with van der Waals surface area (Å²) >= 11 is 0. The van der Waals surface area contributed by atoms with Crippen molar-refractivity contribution in [3.05, 3.63) is 108 Å². The van der Waals surface area contributed by atoms with Crippen LogP contribution in [0.25, 0.3) is 11.3 Å². The van der Waals surface area contributed by atoms with E-state index in [1.165, 1.54) is 0 Å². The van der Waals surface area contributed by atoms with Crippen LogP contribution in [-0.4, -0.2) is 27.2 Å². The third-order valence-corrected chi connectivity index (χ3v) is 5.11. The van der Waals surface area contributed by atoms with Crippen LogP contribution < -0.4 is 5.32 Å². The number of pyridine rings is 1. The van der Waals surface area contributed by atoms with Crippen molar-refractivity contribution >= 4 is 5.91 Å². The number of hydrogen-bond donors (Lipinski definition) is 1. The van der Waals surface area contributed by atoms with E-state index in [-0.39, 0.29) is 11.8 Å². The van der Waals surface area contributed by atoms with E-state index in [4.69, 9.17) is 0 Å². The number of nitrogens with zero attached hydrogens (tertiary/aromatic N) is 3. The summed E-state index contributed by atoms with van der Waals surface area (Å²) < 4.78 is 1.93. The first-order chi connectivity index (χ1) is 14.7. The molecule has 2 heterocycles. The van der Waals surface area contributed by atoms with E-state index >= 15 is 0 Å². The van der Waals surface area contributed by atoms with Crippen molar-refractivity contribution in [1.82, 2.24) is 20.1 Å². The third-order valence-electron chi connectivity index (χ3n) is 5.11. The second-order valence-electron chi connectivity index (χ2n) is 7.18. The van der Waals surface area contributed by atoms with Gasteiger partial charge in [-0.1, -0.05) is 60.7 Å². The zero-order valence-corrected chi connectivity index (χ0v) is 16.9. The minimum atomic E-state index is -0.335. The third kappa shape index (κ3) is 4.46. The predicted molar refractivity (Wildman–Crippen MR) is 118 cm³/mol. The fourth-order valence-electron chi connectivity index (χ4n) is 3.57. The Morgan fingerprint density at radius 1 is 0.933 bits per heavy atom. The van der Waals surface area contributed by atoms with Gasteiger partial charge >= 0.3 is 0 Å². The molecule has 4 aromatic rings. The molecular weight excluding hydrogens is 372 g/mol. The van der Waals surface area contributed by atoms with Gasteiger partial charge in [-0.15, -0.1) is 0 Å². The zero-order valence-electron chi connectivity index (χ0n) is 16.9. The van der Waals surface area contributed by atoms with Gasteiger partial charge in [0.1, 0.15) is 0 Å². The Hall–Kier alpha value is -3.73. The van der Waals surface area contributed by atoms with Crippen LogP contribution >= 0.6 is 0 Å². The van der Waals surface area contributed by atoms with Gasteiger partial charge in [-0.05, 0) is 36.2 Å². The van der Waals surface area contributed by atoms with Crippen molar-refractivity contribution in [3.8, 4) is 11.3 Å². The Balaban J connectivity index is 1.45. The van der Waals surface area contributed by atoms with Crippen LogP contribution in [0.5, 0.6) is 0 Å². The second-order valence-corrected chi connectivity index (χ2v) is 7.18. The summed E-state index contributed by atoms with van der Waals surface area (Å²) in [5.74, 6) is -0.343. The van der Waals surface area contributed by atoms with E-state index in [2.05, 4.69) is 15.4 Å². The summed E-state index contributed by atoms with van der Waals surface area (Å²) in [4.78, 5) is 17.2. The minimum absolute atomic E-state index is 0.00781. The zero-order chi connectivity index (χ0) is 20.8. The summed E-state index contributed by atoms with van der Waals surface area (Å²) in [7, 11) is 0. The van der Waals surface area contributed by atoms with Crippen LogP contribution in [0.1, 0.15) is 22.7 Å². The van der Waals surface area contributed by atoms with E-state index in [0.717, 1.165) is 28.1 Å². The Morgan fingerprint density at radius 2 is 1.53 bits per heavy atom. The van der Waals surface area contributed by atoms with Crippen LogP contribution in [0, 0.1) is 6.92 Å². The average Bonchev–Trinajstić information content (AvgIpc) is 3.17. The highest BCUT2D eigenvalue weighted by molar-refractivity contribution is 5.87. The molecule has 1 N–H and O–H groups in total. The fourth-order valence-corrected chi connectivity index (χ4v) is 3.57. The molecule has 0 aliphatic rings. The maximum atomic E-state index is 13.1. The molecule has 0 unspecified atom stereocenters. The SMILES string of the molecule is Cc1cc(-c2ccncc2)nn1CCNC(=O)C(c1ccccc1)c1ccccc1. The Kier molecular flexibility index (Phi) is 5.99. The molecule has 0 aliphatic carbocycles. The first-order valence-electron chi connectivity index (χ1n) is 10.0. The number of carbonyl (C=O) groups is 1. The number of amides is 1. The maximum Gasteiger partial charge on any atom is 0.232 e. The van der Waals surface area contributed by atoms with Crippen molar-refractivity contribution < 1.29 is 4.79 Å². The van der Waals surface area contributed by atoms with Gasteiger partial charge in [0.15, 0.2) is 0 Å². The highest BCUT2D eigenvalue weighted by atomic mass is 16.1. The molecule has 5 heteroatoms. The summed E-state index contributed by atoms with van der Waals surface area (Å²) in [5.41, 5.74) is 4.96. The standard InChI is InChI=1S/C25H24N4O/c1-19-18-23(20-12-14-26-15-13-20)28-29(19)17-16-27-25(30)24(21-8-4-2-5-9-21)22-10-6-3-7-11-22/h2-15,18,24H,16-17H2,1H3,(H,27,30). The van der Waals surface area contributed by atoms with Crippen LogP contribution in [0.15, 0.2) is 91.3 Å². The number of benzene rings is 2. The number of aromatic nitrogens is 3. The molecule has 0 radical (unpaired) electrons. The van der Waals surface area contributed by atoms with Gasteiger partial charge in [0, 0.05) is 30.2 Å². The molecule has 0 atom stereocenters. The van der Waals surface area contributed by atoms with Crippen LogP contribution in [0.3, 0.4) is 0 Å². The quantitative estimate of drug-likeness (QED) is 0.509. The van der Waals surface area contributed by atoms with E-state index in [9.17, 15) is 4.79 Å². The number of aryl methyl sites for hydroxylation is 1. The molecule has 0 saturated heterocycles. The second kappa shape index (κ2) is 9.18. The minimum Gasteiger partial charge on any atom is -0.353 e. The maximum absolute atomic E-state index is 13.1. The van der Waals surface area contributed by atoms with E-state index < -0.39 is 0 Å². The molecule has 0 aliphatic heterocycles. The largest absolute Gasteiger partial charge is 0.353 e. The Morgan fingerprint density at radius 3 is 2.13 bits per heavy atom. The van der Waals surface area contributed by atoms with Crippen LogP contribution in [-0.2, 0) is 11.3 Å². The molecule has 0 spiro atoms. The average molecular weight is 396 g/mol. The lowest BCUT2D eigenvalue weighted by atomic mass is 9.90. The molecule has 1 amide bonds. The first kappa shape index (κ1) is 19.6. The van der Waals surface area contributed by atoms with Gasteiger partial charge in [-0.2, -0.15) is 5.10 Å². The topological polar surface area (TPSA) is 59.8 Å². The normalized spacial score (nSPS) is 10.9. The molecule has 4 rings (SSSR count). The fraction of sp³-hybridized carbons (Fsp3) is 0.160. The van der Waals surface area contributed by atoms with Crippen LogP contribution in [0.4, 0.5) is 0 Å². The molecule has 2 aromatic heterocycles. The molecular formula is C25H24N4O. The van der Waals surface area contributed by atoms with Gasteiger partial charge in [0.05, 0.1) is 18.2 Å². The lowest BCUT2D eigenvalue weighted by molar-refractivity contribution is -0.121. The lowest BCUT2D eigenvalue weighted by Crippen LogP contribution is -2.32. The van der Waals surface area contributed by atoms with Crippen molar-refractivity contribution in [2.75, 3.05) is 6.54 Å². The number of rotatable bonds is 7. The van der Waals surface area contributed by atoms with Crippen molar-refractivity contribution in [3.63, 3.8) is 0 Å². The number of hydrogen-bond acceptors (Lipinski definition) is 3. The van der Waals surface area contributed by atoms with E-state index in [1.807, 2.05) is 90.5 Å². The highest BCUT2D eigenvalue weighted by Crippen LogP contribution is 2.24. The predicted octanol–water partition coefficient (Wildman–Crippen LogP) is 4.20. The molecule has 0 saturated carbocycles. The van der Waals surface area contributed by atoms with Gasteiger partial charge < -0.3 is 5.32 Å². The monoisotopic (exact) mass is 396 g/mol. The molecule has 5 nitrogen and oxygen atoms in total. The van der Waals surface area contributed by atoms with Gasteiger partial charge in [-0.3, -0.25) is 14.5 Å². The lowest BCUT2D eigenvalue weighted by Gasteiger charge is -2.18. The molecule has 0 bridgehead atoms. The molecule has 2 aromatic carbocycles. The molecule has 30 heavy (non-hydrogen) atoms. The smallest absolute Gasteiger partial charge is 0.232 e. The first-order valence-corrected chi connectivity index (χ1v) is 10.0. The summed E-state index contributed by atoms with van der Waals surface area (Å²) in [6.07, 6.45) is 3.52. The Bertz CT molecular complexity index is 1050. The summed E-state index contributed by atoms with van der Waals surface area (Å²) in [5, 5.41) is 7.77. The van der Waals surface area contributed by atoms with Gasteiger partial charge in [0.25, 0.3) is 0 Å². The summed E-state index contributed by atoms with van der Waals surface area (Å²) in [6.45, 7) is 3.14. The van der Waals surface area contributed by atoms with E-state index in [1.54, 1.807) is 12.4 Å². The van der Waals surface area contributed by atoms with Gasteiger partial charge in [0.2, 0.25) is 5.91 Å². The molecule has 0 fully saturated rings. The Labute approximate surface area is 176 Å².